The predicted molar refractivity (Wildman–Crippen MR) is 101 cm³/mol. The van der Waals surface area contributed by atoms with E-state index in [2.05, 4.69) is 29.2 Å². The fourth-order valence-electron chi connectivity index (χ4n) is 3.30. The summed E-state index contributed by atoms with van der Waals surface area (Å²) in [6.07, 6.45) is 4.39. The lowest BCUT2D eigenvalue weighted by Crippen LogP contribution is -2.31. The fourth-order valence-corrected chi connectivity index (χ4v) is 4.30. The molecule has 0 fully saturated rings. The molecule has 0 saturated heterocycles. The molecule has 122 valence electrons. The summed E-state index contributed by atoms with van der Waals surface area (Å²) in [5, 5.41) is 1.22. The SMILES string of the molecule is O=C(CCc1c[nH]c2ccccc12)N1CCCSc2ccccc21. The lowest BCUT2D eigenvalue weighted by atomic mass is 10.1. The zero-order valence-electron chi connectivity index (χ0n) is 13.5. The first-order valence-electron chi connectivity index (χ1n) is 8.40. The second kappa shape index (κ2) is 6.73. The molecule has 3 nitrogen and oxygen atoms in total. The number of H-pyrrole nitrogens is 1. The van der Waals surface area contributed by atoms with Crippen LogP contribution >= 0.6 is 11.8 Å². The second-order valence-corrected chi connectivity index (χ2v) is 7.21. The average Bonchev–Trinajstić information content (AvgIpc) is 2.91. The van der Waals surface area contributed by atoms with Gasteiger partial charge in [-0.05, 0) is 42.4 Å². The Labute approximate surface area is 146 Å². The number of aromatic amines is 1. The molecule has 1 N–H and O–H groups in total. The summed E-state index contributed by atoms with van der Waals surface area (Å²) in [5.41, 5.74) is 3.43. The largest absolute Gasteiger partial charge is 0.361 e. The van der Waals surface area contributed by atoms with Crippen LogP contribution < -0.4 is 4.90 Å². The first-order valence-corrected chi connectivity index (χ1v) is 9.39. The number of carbonyl (C=O) groups excluding carboxylic acids is 1. The van der Waals surface area contributed by atoms with Gasteiger partial charge in [0.1, 0.15) is 0 Å². The predicted octanol–water partition coefficient (Wildman–Crippen LogP) is 4.63. The topological polar surface area (TPSA) is 36.1 Å². The van der Waals surface area contributed by atoms with E-state index in [9.17, 15) is 4.79 Å². The summed E-state index contributed by atoms with van der Waals surface area (Å²) >= 11 is 1.85. The highest BCUT2D eigenvalue weighted by atomic mass is 32.2. The number of nitrogens with zero attached hydrogens (tertiary/aromatic N) is 1. The highest BCUT2D eigenvalue weighted by Crippen LogP contribution is 2.34. The molecular formula is C20H20N2OS. The summed E-state index contributed by atoms with van der Waals surface area (Å²) in [6.45, 7) is 0.816. The maximum atomic E-state index is 12.9. The molecule has 1 aromatic heterocycles. The van der Waals surface area contributed by atoms with E-state index in [-0.39, 0.29) is 5.91 Å². The number of hydrogen-bond acceptors (Lipinski definition) is 2. The number of amides is 1. The Kier molecular flexibility index (Phi) is 4.30. The van der Waals surface area contributed by atoms with Crippen LogP contribution in [0.15, 0.2) is 59.6 Å². The molecular weight excluding hydrogens is 316 g/mol. The van der Waals surface area contributed by atoms with Crippen molar-refractivity contribution in [1.82, 2.24) is 4.98 Å². The van der Waals surface area contributed by atoms with Crippen LogP contribution in [0.3, 0.4) is 0 Å². The molecule has 1 amide bonds. The Bertz CT molecular complexity index is 871. The molecule has 2 heterocycles. The van der Waals surface area contributed by atoms with Crippen LogP contribution in [0.2, 0.25) is 0 Å². The van der Waals surface area contributed by atoms with Gasteiger partial charge in [-0.3, -0.25) is 4.79 Å². The van der Waals surface area contributed by atoms with Crippen molar-refractivity contribution in [2.75, 3.05) is 17.2 Å². The zero-order chi connectivity index (χ0) is 16.4. The molecule has 0 saturated carbocycles. The minimum Gasteiger partial charge on any atom is -0.361 e. The van der Waals surface area contributed by atoms with Crippen molar-refractivity contribution in [3.63, 3.8) is 0 Å². The Morgan fingerprint density at radius 1 is 1.12 bits per heavy atom. The Morgan fingerprint density at radius 2 is 1.96 bits per heavy atom. The van der Waals surface area contributed by atoms with Gasteiger partial charge in [0.25, 0.3) is 0 Å². The molecule has 1 aliphatic rings. The number of nitrogens with one attached hydrogen (secondary N) is 1. The van der Waals surface area contributed by atoms with Crippen LogP contribution in [0, 0.1) is 0 Å². The number of benzene rings is 2. The van der Waals surface area contributed by atoms with Crippen LogP contribution in [-0.4, -0.2) is 23.2 Å². The number of aryl methyl sites for hydroxylation is 1. The number of aromatic nitrogens is 1. The number of thioether (sulfide) groups is 1. The molecule has 4 rings (SSSR count). The first-order chi connectivity index (χ1) is 11.8. The molecule has 0 radical (unpaired) electrons. The summed E-state index contributed by atoms with van der Waals surface area (Å²) in [5.74, 6) is 1.29. The van der Waals surface area contributed by atoms with Crippen LogP contribution in [0.5, 0.6) is 0 Å². The second-order valence-electron chi connectivity index (χ2n) is 6.07. The van der Waals surface area contributed by atoms with Crippen molar-refractivity contribution >= 4 is 34.3 Å². The van der Waals surface area contributed by atoms with Crippen molar-refractivity contribution in [2.45, 2.75) is 24.2 Å². The Balaban J connectivity index is 1.52. The maximum Gasteiger partial charge on any atom is 0.227 e. The minimum atomic E-state index is 0.218. The third-order valence-corrected chi connectivity index (χ3v) is 5.67. The molecule has 0 atom stereocenters. The number of anilines is 1. The summed E-state index contributed by atoms with van der Waals surface area (Å²) in [4.78, 5) is 19.3. The van der Waals surface area contributed by atoms with E-state index in [1.165, 1.54) is 15.8 Å². The Hall–Kier alpha value is -2.20. The van der Waals surface area contributed by atoms with Gasteiger partial charge in [-0.1, -0.05) is 30.3 Å². The molecule has 0 bridgehead atoms. The maximum absolute atomic E-state index is 12.9. The minimum absolute atomic E-state index is 0.218. The van der Waals surface area contributed by atoms with E-state index in [4.69, 9.17) is 0 Å². The van der Waals surface area contributed by atoms with Gasteiger partial charge in [0.05, 0.1) is 5.69 Å². The first kappa shape index (κ1) is 15.3. The van der Waals surface area contributed by atoms with Gasteiger partial charge in [0.2, 0.25) is 5.91 Å². The van der Waals surface area contributed by atoms with Gasteiger partial charge in [-0.15, -0.1) is 11.8 Å². The number of hydrogen-bond donors (Lipinski definition) is 1. The third kappa shape index (κ3) is 2.94. The zero-order valence-corrected chi connectivity index (χ0v) is 14.3. The Morgan fingerprint density at radius 3 is 2.92 bits per heavy atom. The quantitative estimate of drug-likeness (QED) is 0.757. The van der Waals surface area contributed by atoms with Gasteiger partial charge in [-0.25, -0.2) is 0 Å². The molecule has 0 aliphatic carbocycles. The number of fused-ring (bicyclic) bond motifs is 2. The van der Waals surface area contributed by atoms with Gasteiger partial charge in [0.15, 0.2) is 0 Å². The molecule has 1 aliphatic heterocycles. The summed E-state index contributed by atoms with van der Waals surface area (Å²) < 4.78 is 0. The van der Waals surface area contributed by atoms with Gasteiger partial charge < -0.3 is 9.88 Å². The van der Waals surface area contributed by atoms with Gasteiger partial charge in [-0.2, -0.15) is 0 Å². The molecule has 24 heavy (non-hydrogen) atoms. The van der Waals surface area contributed by atoms with E-state index in [1.807, 2.05) is 47.1 Å². The highest BCUT2D eigenvalue weighted by Gasteiger charge is 2.21. The lowest BCUT2D eigenvalue weighted by molar-refractivity contribution is -0.118. The lowest BCUT2D eigenvalue weighted by Gasteiger charge is -2.22. The van der Waals surface area contributed by atoms with Crippen molar-refractivity contribution in [3.05, 3.63) is 60.3 Å². The molecule has 4 heteroatoms. The summed E-state index contributed by atoms with van der Waals surface area (Å²) in [7, 11) is 0. The highest BCUT2D eigenvalue weighted by molar-refractivity contribution is 7.99. The van der Waals surface area contributed by atoms with Gasteiger partial charge in [0, 0.05) is 35.0 Å². The van der Waals surface area contributed by atoms with Crippen LogP contribution in [0.1, 0.15) is 18.4 Å². The van der Waals surface area contributed by atoms with E-state index in [0.717, 1.165) is 36.3 Å². The smallest absolute Gasteiger partial charge is 0.227 e. The molecule has 0 unspecified atom stereocenters. The van der Waals surface area contributed by atoms with Gasteiger partial charge >= 0.3 is 0 Å². The van der Waals surface area contributed by atoms with Crippen molar-refractivity contribution < 1.29 is 4.79 Å². The average molecular weight is 336 g/mol. The molecule has 0 spiro atoms. The number of rotatable bonds is 3. The molecule has 3 aromatic rings. The van der Waals surface area contributed by atoms with E-state index < -0.39 is 0 Å². The van der Waals surface area contributed by atoms with E-state index in [1.54, 1.807) is 0 Å². The number of carbonyl (C=O) groups is 1. The molecule has 2 aromatic carbocycles. The number of para-hydroxylation sites is 2. The van der Waals surface area contributed by atoms with Crippen LogP contribution in [-0.2, 0) is 11.2 Å². The van der Waals surface area contributed by atoms with Crippen molar-refractivity contribution in [3.8, 4) is 0 Å². The van der Waals surface area contributed by atoms with Crippen molar-refractivity contribution in [2.24, 2.45) is 0 Å². The van der Waals surface area contributed by atoms with E-state index >= 15 is 0 Å². The van der Waals surface area contributed by atoms with Crippen LogP contribution in [0.25, 0.3) is 10.9 Å². The van der Waals surface area contributed by atoms with Crippen LogP contribution in [0.4, 0.5) is 5.69 Å². The monoisotopic (exact) mass is 336 g/mol. The van der Waals surface area contributed by atoms with E-state index in [0.29, 0.717) is 6.42 Å². The normalized spacial score (nSPS) is 14.4. The fraction of sp³-hybridized carbons (Fsp3) is 0.250. The third-order valence-electron chi connectivity index (χ3n) is 4.52. The standard InChI is InChI=1S/C20H20N2OS/c23-20(11-10-15-14-21-17-7-2-1-6-16(15)17)22-12-5-13-24-19-9-4-3-8-18(19)22/h1-4,6-9,14,21H,5,10-13H2. The summed E-state index contributed by atoms with van der Waals surface area (Å²) in [6, 6.07) is 16.5. The van der Waals surface area contributed by atoms with Crippen molar-refractivity contribution in [1.29, 1.82) is 0 Å².